The largest absolute Gasteiger partial charge is 0.394 e. The predicted molar refractivity (Wildman–Crippen MR) is 63.5 cm³/mol. The lowest BCUT2D eigenvalue weighted by Gasteiger charge is -2.14. The van der Waals surface area contributed by atoms with Crippen molar-refractivity contribution >= 4 is 24.4 Å². The maximum Gasteiger partial charge on any atom is 0.175 e. The zero-order valence-electron chi connectivity index (χ0n) is 8.66. The standard InChI is InChI=1S/C9H12N2O4S2/c12-2-4-5(13)6(14)7(15-4)3-1-10-9(17)11-8(3)16/h1,4-7,12-14H,2H2,(H2,10,11,16,17)/t4-,5?,6?,7+/m1/s1. The summed E-state index contributed by atoms with van der Waals surface area (Å²) in [5.74, 6) is 0. The Morgan fingerprint density at radius 3 is 2.53 bits per heavy atom. The van der Waals surface area contributed by atoms with Crippen LogP contribution in [0.5, 0.6) is 0 Å². The van der Waals surface area contributed by atoms with E-state index in [0.29, 0.717) is 15.0 Å². The summed E-state index contributed by atoms with van der Waals surface area (Å²) in [6, 6.07) is 0. The van der Waals surface area contributed by atoms with Crippen molar-refractivity contribution in [1.29, 1.82) is 0 Å². The van der Waals surface area contributed by atoms with Crippen molar-refractivity contribution in [1.82, 2.24) is 9.97 Å². The van der Waals surface area contributed by atoms with Gasteiger partial charge in [0.2, 0.25) is 0 Å². The van der Waals surface area contributed by atoms with Crippen molar-refractivity contribution in [2.75, 3.05) is 6.61 Å². The zero-order valence-corrected chi connectivity index (χ0v) is 10.3. The Morgan fingerprint density at radius 1 is 1.29 bits per heavy atom. The highest BCUT2D eigenvalue weighted by atomic mass is 32.1. The van der Waals surface area contributed by atoms with Gasteiger partial charge in [0.05, 0.1) is 6.61 Å². The van der Waals surface area contributed by atoms with Crippen LogP contribution in [0.1, 0.15) is 11.7 Å². The normalized spacial score (nSPS) is 32.9. The van der Waals surface area contributed by atoms with Gasteiger partial charge in [0.1, 0.15) is 29.1 Å². The third kappa shape index (κ3) is 2.32. The molecule has 0 aliphatic carbocycles. The molecule has 17 heavy (non-hydrogen) atoms. The minimum absolute atomic E-state index is 0.337. The van der Waals surface area contributed by atoms with Gasteiger partial charge >= 0.3 is 0 Å². The molecule has 0 amide bonds. The summed E-state index contributed by atoms with van der Waals surface area (Å²) in [5.41, 5.74) is 0.496. The molecule has 2 heterocycles. The number of aliphatic hydroxyl groups excluding tert-OH is 3. The van der Waals surface area contributed by atoms with Gasteiger partial charge < -0.3 is 30.0 Å². The van der Waals surface area contributed by atoms with E-state index in [0.717, 1.165) is 0 Å². The number of aliphatic hydroxyl groups is 3. The number of ether oxygens (including phenoxy) is 1. The zero-order chi connectivity index (χ0) is 12.6. The van der Waals surface area contributed by atoms with E-state index in [-0.39, 0.29) is 6.61 Å². The number of aromatic nitrogens is 2. The molecule has 0 aromatic carbocycles. The molecule has 1 aliphatic heterocycles. The monoisotopic (exact) mass is 276 g/mol. The number of aromatic amines is 2. The molecule has 1 aromatic rings. The lowest BCUT2D eigenvalue weighted by Crippen LogP contribution is -2.32. The molecule has 0 radical (unpaired) electrons. The van der Waals surface area contributed by atoms with Crippen LogP contribution in [0, 0.1) is 9.41 Å². The summed E-state index contributed by atoms with van der Waals surface area (Å²) in [6.45, 7) is -0.367. The Labute approximate surface area is 107 Å². The number of rotatable bonds is 2. The quantitative estimate of drug-likeness (QED) is 0.486. The molecule has 1 saturated heterocycles. The summed E-state index contributed by atoms with van der Waals surface area (Å²) in [4.78, 5) is 5.47. The topological polar surface area (TPSA) is 102 Å². The van der Waals surface area contributed by atoms with E-state index in [1.54, 1.807) is 0 Å². The van der Waals surface area contributed by atoms with Gasteiger partial charge in [0, 0.05) is 11.8 Å². The molecule has 0 bridgehead atoms. The molecule has 0 saturated carbocycles. The lowest BCUT2D eigenvalue weighted by molar-refractivity contribution is -0.0230. The number of hydrogen-bond donors (Lipinski definition) is 5. The summed E-state index contributed by atoms with van der Waals surface area (Å²) < 4.78 is 6.05. The Hall–Kier alpha value is -0.640. The van der Waals surface area contributed by atoms with Crippen LogP contribution in [-0.2, 0) is 4.74 Å². The molecular formula is C9H12N2O4S2. The van der Waals surface area contributed by atoms with Crippen molar-refractivity contribution in [3.8, 4) is 0 Å². The van der Waals surface area contributed by atoms with Crippen molar-refractivity contribution in [3.05, 3.63) is 21.2 Å². The van der Waals surface area contributed by atoms with Gasteiger partial charge in [-0.2, -0.15) is 0 Å². The molecule has 1 aromatic heterocycles. The van der Waals surface area contributed by atoms with E-state index in [2.05, 4.69) is 9.97 Å². The number of H-pyrrole nitrogens is 2. The minimum Gasteiger partial charge on any atom is -0.394 e. The first-order valence-electron chi connectivity index (χ1n) is 4.99. The van der Waals surface area contributed by atoms with Crippen LogP contribution in [0.15, 0.2) is 6.20 Å². The Morgan fingerprint density at radius 2 is 2.00 bits per heavy atom. The van der Waals surface area contributed by atoms with Gasteiger partial charge in [-0.3, -0.25) is 0 Å². The molecule has 2 rings (SSSR count). The predicted octanol–water partition coefficient (Wildman–Crippen LogP) is -0.0442. The first-order chi connectivity index (χ1) is 8.04. The van der Waals surface area contributed by atoms with Gasteiger partial charge in [-0.25, -0.2) is 0 Å². The van der Waals surface area contributed by atoms with Gasteiger partial charge in [0.25, 0.3) is 0 Å². The molecule has 4 atom stereocenters. The first kappa shape index (κ1) is 12.8. The summed E-state index contributed by atoms with van der Waals surface area (Å²) in [6.07, 6.45) is -2.33. The van der Waals surface area contributed by atoms with Crippen LogP contribution in [-0.4, -0.2) is 50.2 Å². The molecule has 1 fully saturated rings. The van der Waals surface area contributed by atoms with Crippen molar-refractivity contribution in [2.45, 2.75) is 24.4 Å². The van der Waals surface area contributed by atoms with E-state index < -0.39 is 24.4 Å². The average molecular weight is 276 g/mol. The second-order valence-electron chi connectivity index (χ2n) is 3.79. The molecule has 8 heteroatoms. The molecular weight excluding hydrogens is 264 g/mol. The van der Waals surface area contributed by atoms with E-state index in [1.807, 2.05) is 0 Å². The Balaban J connectivity index is 2.35. The van der Waals surface area contributed by atoms with Crippen LogP contribution < -0.4 is 0 Å². The van der Waals surface area contributed by atoms with Gasteiger partial charge in [0.15, 0.2) is 4.77 Å². The number of hydrogen-bond acceptors (Lipinski definition) is 6. The fourth-order valence-electron chi connectivity index (χ4n) is 1.79. The van der Waals surface area contributed by atoms with Crippen LogP contribution >= 0.6 is 24.4 Å². The second kappa shape index (κ2) is 4.92. The fraction of sp³-hybridized carbons (Fsp3) is 0.556. The summed E-state index contributed by atoms with van der Waals surface area (Å²) >= 11 is 9.93. The smallest absolute Gasteiger partial charge is 0.175 e. The Bertz CT molecular complexity index is 514. The van der Waals surface area contributed by atoms with Crippen molar-refractivity contribution < 1.29 is 20.1 Å². The molecule has 94 valence electrons. The summed E-state index contributed by atoms with van der Waals surface area (Å²) in [7, 11) is 0. The van der Waals surface area contributed by atoms with Crippen molar-refractivity contribution in [2.24, 2.45) is 0 Å². The minimum atomic E-state index is -1.14. The van der Waals surface area contributed by atoms with Gasteiger partial charge in [-0.1, -0.05) is 12.2 Å². The number of nitrogens with one attached hydrogen (secondary N) is 2. The highest BCUT2D eigenvalue weighted by molar-refractivity contribution is 7.72. The van der Waals surface area contributed by atoms with Crippen LogP contribution in [0.25, 0.3) is 0 Å². The van der Waals surface area contributed by atoms with E-state index >= 15 is 0 Å². The first-order valence-corrected chi connectivity index (χ1v) is 5.80. The van der Waals surface area contributed by atoms with Gasteiger partial charge in [-0.15, -0.1) is 0 Å². The van der Waals surface area contributed by atoms with E-state index in [9.17, 15) is 10.2 Å². The third-order valence-corrected chi connectivity index (χ3v) is 3.25. The van der Waals surface area contributed by atoms with Crippen LogP contribution in [0.2, 0.25) is 0 Å². The molecule has 5 N–H and O–H groups in total. The lowest BCUT2D eigenvalue weighted by atomic mass is 10.0. The van der Waals surface area contributed by atoms with Crippen LogP contribution in [0.4, 0.5) is 0 Å². The molecule has 6 nitrogen and oxygen atoms in total. The average Bonchev–Trinajstić information content (AvgIpc) is 2.57. The molecule has 2 unspecified atom stereocenters. The fourth-order valence-corrected chi connectivity index (χ4v) is 2.29. The molecule has 1 aliphatic rings. The van der Waals surface area contributed by atoms with E-state index in [1.165, 1.54) is 6.20 Å². The highest BCUT2D eigenvalue weighted by Gasteiger charge is 2.43. The highest BCUT2D eigenvalue weighted by Crippen LogP contribution is 2.33. The maximum atomic E-state index is 9.82. The second-order valence-corrected chi connectivity index (χ2v) is 4.60. The van der Waals surface area contributed by atoms with E-state index in [4.69, 9.17) is 34.3 Å². The van der Waals surface area contributed by atoms with Gasteiger partial charge in [-0.05, 0) is 12.2 Å². The SMILES string of the molecule is OC[C@H]1O[C@@H](c2c[nH]c(=S)[nH]c2=S)C(O)C1O. The maximum absolute atomic E-state index is 9.82. The summed E-state index contributed by atoms with van der Waals surface area (Å²) in [5, 5.41) is 28.4. The third-order valence-electron chi connectivity index (χ3n) is 2.70. The van der Waals surface area contributed by atoms with Crippen LogP contribution in [0.3, 0.4) is 0 Å². The Kier molecular flexibility index (Phi) is 3.71. The van der Waals surface area contributed by atoms with Crippen molar-refractivity contribution in [3.63, 3.8) is 0 Å². The molecule has 0 spiro atoms.